The van der Waals surface area contributed by atoms with Crippen LogP contribution in [0.5, 0.6) is 5.75 Å². The summed E-state index contributed by atoms with van der Waals surface area (Å²) in [7, 11) is 1.99. The molecule has 0 radical (unpaired) electrons. The van der Waals surface area contributed by atoms with Crippen LogP contribution in [0.3, 0.4) is 0 Å². The van der Waals surface area contributed by atoms with Crippen LogP contribution in [0.25, 0.3) is 0 Å². The standard InChI is InChI=1S/C12H15BrN2O/c1-15(7-3-6-14)8-9-16-12-5-2-4-11(13)10-12/h2,4-5,10H,3,7-9H2,1H3. The fourth-order valence-electron chi connectivity index (χ4n) is 1.23. The van der Waals surface area contributed by atoms with E-state index in [1.807, 2.05) is 31.3 Å². The average molecular weight is 283 g/mol. The van der Waals surface area contributed by atoms with Crippen LogP contribution < -0.4 is 4.74 Å². The predicted octanol–water partition coefficient (Wildman–Crippen LogP) is 2.67. The molecule has 0 bridgehead atoms. The Balaban J connectivity index is 2.23. The summed E-state index contributed by atoms with van der Waals surface area (Å²) in [5, 5.41) is 8.44. The molecule has 0 aliphatic rings. The first-order chi connectivity index (χ1) is 7.72. The van der Waals surface area contributed by atoms with E-state index in [0.29, 0.717) is 13.0 Å². The molecule has 1 aromatic rings. The second-order valence-corrected chi connectivity index (χ2v) is 4.43. The number of rotatable bonds is 6. The molecule has 0 N–H and O–H groups in total. The third kappa shape index (κ3) is 5.15. The quantitative estimate of drug-likeness (QED) is 0.805. The summed E-state index contributed by atoms with van der Waals surface area (Å²) in [6, 6.07) is 9.90. The lowest BCUT2D eigenvalue weighted by molar-refractivity contribution is 0.240. The number of nitriles is 1. The summed E-state index contributed by atoms with van der Waals surface area (Å²) in [4.78, 5) is 2.08. The molecule has 0 unspecified atom stereocenters. The maximum Gasteiger partial charge on any atom is 0.120 e. The molecule has 0 saturated carbocycles. The highest BCUT2D eigenvalue weighted by molar-refractivity contribution is 9.10. The van der Waals surface area contributed by atoms with Crippen LogP contribution in [0.1, 0.15) is 6.42 Å². The SMILES string of the molecule is CN(CCC#N)CCOc1cccc(Br)c1. The van der Waals surface area contributed by atoms with Gasteiger partial charge < -0.3 is 9.64 Å². The van der Waals surface area contributed by atoms with E-state index in [-0.39, 0.29) is 0 Å². The van der Waals surface area contributed by atoms with Crippen molar-refractivity contribution < 1.29 is 4.74 Å². The van der Waals surface area contributed by atoms with Gasteiger partial charge in [-0.25, -0.2) is 0 Å². The first kappa shape index (κ1) is 13.0. The molecule has 0 fully saturated rings. The highest BCUT2D eigenvalue weighted by atomic mass is 79.9. The number of benzene rings is 1. The fraction of sp³-hybridized carbons (Fsp3) is 0.417. The number of halogens is 1. The van der Waals surface area contributed by atoms with Crippen molar-refractivity contribution >= 4 is 15.9 Å². The zero-order valence-corrected chi connectivity index (χ0v) is 10.9. The number of hydrogen-bond acceptors (Lipinski definition) is 3. The Kier molecular flexibility index (Phi) is 5.91. The van der Waals surface area contributed by atoms with Gasteiger partial charge in [-0.05, 0) is 25.2 Å². The van der Waals surface area contributed by atoms with Gasteiger partial charge in [0.15, 0.2) is 0 Å². The third-order valence-electron chi connectivity index (χ3n) is 2.14. The topological polar surface area (TPSA) is 36.3 Å². The van der Waals surface area contributed by atoms with Crippen LogP contribution in [0, 0.1) is 11.3 Å². The van der Waals surface area contributed by atoms with Crippen molar-refractivity contribution in [3.63, 3.8) is 0 Å². The van der Waals surface area contributed by atoms with E-state index in [1.54, 1.807) is 0 Å². The molecular weight excluding hydrogens is 268 g/mol. The fourth-order valence-corrected chi connectivity index (χ4v) is 1.61. The molecule has 0 atom stereocenters. The van der Waals surface area contributed by atoms with Crippen LogP contribution in [-0.4, -0.2) is 31.6 Å². The lowest BCUT2D eigenvalue weighted by Crippen LogP contribution is -2.25. The molecule has 4 heteroatoms. The molecule has 0 spiro atoms. The zero-order chi connectivity index (χ0) is 11.8. The predicted molar refractivity (Wildman–Crippen MR) is 67.4 cm³/mol. The Morgan fingerprint density at radius 2 is 2.25 bits per heavy atom. The molecule has 3 nitrogen and oxygen atoms in total. The van der Waals surface area contributed by atoms with Crippen LogP contribution in [0.2, 0.25) is 0 Å². The lowest BCUT2D eigenvalue weighted by Gasteiger charge is -2.15. The van der Waals surface area contributed by atoms with Crippen molar-refractivity contribution in [3.05, 3.63) is 28.7 Å². The van der Waals surface area contributed by atoms with Crippen molar-refractivity contribution in [1.29, 1.82) is 5.26 Å². The van der Waals surface area contributed by atoms with Gasteiger partial charge in [-0.1, -0.05) is 22.0 Å². The first-order valence-corrected chi connectivity index (χ1v) is 5.95. The normalized spacial score (nSPS) is 10.1. The van der Waals surface area contributed by atoms with Crippen molar-refractivity contribution in [2.24, 2.45) is 0 Å². The molecule has 0 amide bonds. The summed E-state index contributed by atoms with van der Waals surface area (Å²) in [6.07, 6.45) is 0.563. The van der Waals surface area contributed by atoms with Crippen LogP contribution in [0.4, 0.5) is 0 Å². The molecule has 86 valence electrons. The monoisotopic (exact) mass is 282 g/mol. The largest absolute Gasteiger partial charge is 0.492 e. The van der Waals surface area contributed by atoms with Gasteiger partial charge in [0.1, 0.15) is 12.4 Å². The Morgan fingerprint density at radius 1 is 1.44 bits per heavy atom. The minimum absolute atomic E-state index is 0.563. The van der Waals surface area contributed by atoms with Gasteiger partial charge in [-0.3, -0.25) is 0 Å². The molecule has 16 heavy (non-hydrogen) atoms. The van der Waals surface area contributed by atoms with E-state index < -0.39 is 0 Å². The van der Waals surface area contributed by atoms with Crippen molar-refractivity contribution in [3.8, 4) is 11.8 Å². The third-order valence-corrected chi connectivity index (χ3v) is 2.64. The van der Waals surface area contributed by atoms with Gasteiger partial charge >= 0.3 is 0 Å². The summed E-state index contributed by atoms with van der Waals surface area (Å²) in [5.74, 6) is 0.864. The van der Waals surface area contributed by atoms with E-state index in [9.17, 15) is 0 Å². The van der Waals surface area contributed by atoms with Crippen LogP contribution >= 0.6 is 15.9 Å². The molecule has 1 rings (SSSR count). The second-order valence-electron chi connectivity index (χ2n) is 3.52. The maximum absolute atomic E-state index is 8.44. The Labute approximate surface area is 105 Å². The highest BCUT2D eigenvalue weighted by Crippen LogP contribution is 2.17. The minimum atomic E-state index is 0.563. The maximum atomic E-state index is 8.44. The Morgan fingerprint density at radius 3 is 2.94 bits per heavy atom. The van der Waals surface area contributed by atoms with E-state index in [1.165, 1.54) is 0 Å². The Hall–Kier alpha value is -1.05. The lowest BCUT2D eigenvalue weighted by atomic mass is 10.3. The van der Waals surface area contributed by atoms with Crippen LogP contribution in [0.15, 0.2) is 28.7 Å². The van der Waals surface area contributed by atoms with E-state index in [2.05, 4.69) is 26.9 Å². The van der Waals surface area contributed by atoms with Gasteiger partial charge in [0, 0.05) is 24.0 Å². The minimum Gasteiger partial charge on any atom is -0.492 e. The summed E-state index contributed by atoms with van der Waals surface area (Å²) < 4.78 is 6.60. The molecule has 0 heterocycles. The molecule has 1 aromatic carbocycles. The first-order valence-electron chi connectivity index (χ1n) is 5.16. The van der Waals surface area contributed by atoms with Crippen molar-refractivity contribution in [2.75, 3.05) is 26.7 Å². The molecule has 0 aliphatic carbocycles. The average Bonchev–Trinajstić information content (AvgIpc) is 2.26. The number of nitrogens with zero attached hydrogens (tertiary/aromatic N) is 2. The number of likely N-dealkylation sites (N-methyl/N-ethyl adjacent to an activating group) is 1. The van der Waals surface area contributed by atoms with E-state index >= 15 is 0 Å². The van der Waals surface area contributed by atoms with Crippen molar-refractivity contribution in [1.82, 2.24) is 4.90 Å². The Bertz CT molecular complexity index is 362. The number of hydrogen-bond donors (Lipinski definition) is 0. The van der Waals surface area contributed by atoms with Crippen LogP contribution in [-0.2, 0) is 0 Å². The molecular formula is C12H15BrN2O. The highest BCUT2D eigenvalue weighted by Gasteiger charge is 1.99. The molecule has 0 aromatic heterocycles. The second kappa shape index (κ2) is 7.26. The van der Waals surface area contributed by atoms with Gasteiger partial charge in [-0.2, -0.15) is 5.26 Å². The number of ether oxygens (including phenoxy) is 1. The van der Waals surface area contributed by atoms with Gasteiger partial charge in [0.2, 0.25) is 0 Å². The molecule has 0 aliphatic heterocycles. The van der Waals surface area contributed by atoms with Gasteiger partial charge in [0.05, 0.1) is 6.07 Å². The van der Waals surface area contributed by atoms with Gasteiger partial charge in [0.25, 0.3) is 0 Å². The summed E-state index contributed by atoms with van der Waals surface area (Å²) in [5.41, 5.74) is 0. The van der Waals surface area contributed by atoms with E-state index in [0.717, 1.165) is 23.3 Å². The van der Waals surface area contributed by atoms with Gasteiger partial charge in [-0.15, -0.1) is 0 Å². The van der Waals surface area contributed by atoms with Crippen molar-refractivity contribution in [2.45, 2.75) is 6.42 Å². The zero-order valence-electron chi connectivity index (χ0n) is 9.32. The van der Waals surface area contributed by atoms with E-state index in [4.69, 9.17) is 10.00 Å². The summed E-state index contributed by atoms with van der Waals surface area (Å²) in [6.45, 7) is 2.25. The molecule has 0 saturated heterocycles. The smallest absolute Gasteiger partial charge is 0.120 e. The summed E-state index contributed by atoms with van der Waals surface area (Å²) >= 11 is 3.39.